The number of nitrogens with one attached hydrogen (secondary N) is 1. The van der Waals surface area contributed by atoms with E-state index in [0.29, 0.717) is 17.4 Å². The van der Waals surface area contributed by atoms with Crippen molar-refractivity contribution in [3.05, 3.63) is 35.9 Å². The molecule has 0 bridgehead atoms. The Morgan fingerprint density at radius 2 is 1.88 bits per heavy atom. The zero-order chi connectivity index (χ0) is 17.4. The fourth-order valence-electron chi connectivity index (χ4n) is 3.80. The van der Waals surface area contributed by atoms with Gasteiger partial charge in [0.2, 0.25) is 0 Å². The van der Waals surface area contributed by atoms with Crippen molar-refractivity contribution in [3.63, 3.8) is 0 Å². The van der Waals surface area contributed by atoms with Crippen LogP contribution >= 0.6 is 0 Å². The van der Waals surface area contributed by atoms with Crippen molar-refractivity contribution in [2.45, 2.75) is 72.4 Å². The maximum Gasteiger partial charge on any atom is 0.0603 e. The van der Waals surface area contributed by atoms with Crippen LogP contribution in [0.5, 0.6) is 0 Å². The van der Waals surface area contributed by atoms with E-state index >= 15 is 0 Å². The Balaban J connectivity index is 1.88. The molecule has 0 amide bonds. The Bertz CT molecular complexity index is 456. The van der Waals surface area contributed by atoms with E-state index in [4.69, 9.17) is 4.74 Å². The Labute approximate surface area is 149 Å². The first-order valence-electron chi connectivity index (χ1n) is 9.87. The lowest BCUT2D eigenvalue weighted by Gasteiger charge is -2.43. The van der Waals surface area contributed by atoms with Gasteiger partial charge >= 0.3 is 0 Å². The van der Waals surface area contributed by atoms with Crippen molar-refractivity contribution in [2.24, 2.45) is 17.3 Å². The molecule has 1 N–H and O–H groups in total. The highest BCUT2D eigenvalue weighted by Gasteiger charge is 2.37. The second-order valence-corrected chi connectivity index (χ2v) is 8.45. The minimum atomic E-state index is 0.444. The number of hydrogen-bond donors (Lipinski definition) is 1. The first kappa shape index (κ1) is 19.5. The zero-order valence-electron chi connectivity index (χ0n) is 16.2. The van der Waals surface area contributed by atoms with E-state index in [1.807, 2.05) is 0 Å². The summed E-state index contributed by atoms with van der Waals surface area (Å²) in [6.45, 7) is 12.3. The van der Waals surface area contributed by atoms with Crippen molar-refractivity contribution < 1.29 is 4.74 Å². The Kier molecular flexibility index (Phi) is 7.77. The van der Waals surface area contributed by atoms with Crippen molar-refractivity contribution >= 4 is 0 Å². The van der Waals surface area contributed by atoms with Gasteiger partial charge in [0.05, 0.1) is 6.10 Å². The van der Waals surface area contributed by atoms with Crippen molar-refractivity contribution in [1.29, 1.82) is 0 Å². The molecule has 136 valence electrons. The molecule has 0 unspecified atom stereocenters. The molecule has 2 rings (SSSR count). The van der Waals surface area contributed by atoms with Gasteiger partial charge in [-0.05, 0) is 55.0 Å². The highest BCUT2D eigenvalue weighted by molar-refractivity contribution is 5.14. The molecule has 1 aromatic rings. The summed E-state index contributed by atoms with van der Waals surface area (Å²) in [7, 11) is 0. The first-order valence-corrected chi connectivity index (χ1v) is 9.87. The minimum Gasteiger partial charge on any atom is -0.378 e. The monoisotopic (exact) mass is 331 g/mol. The van der Waals surface area contributed by atoms with Gasteiger partial charge in [0.1, 0.15) is 0 Å². The van der Waals surface area contributed by atoms with E-state index in [2.05, 4.69) is 63.3 Å². The maximum absolute atomic E-state index is 6.06. The quantitative estimate of drug-likeness (QED) is 0.610. The SMILES string of the molecule is CC(C)CC[C@]1(CCNCc2ccccc2)CCO[C@H](C(C)C)C1. The standard InChI is InChI=1S/C22H37NO/c1-18(2)10-11-22(13-15-24-21(16-22)19(3)4)12-14-23-17-20-8-6-5-7-9-20/h5-9,18-19,21,23H,10-17H2,1-4H3/t21-,22-/m0/s1. The second kappa shape index (κ2) is 9.58. The summed E-state index contributed by atoms with van der Waals surface area (Å²) in [6.07, 6.45) is 6.88. The number of hydrogen-bond acceptors (Lipinski definition) is 2. The van der Waals surface area contributed by atoms with Crippen molar-refractivity contribution in [1.82, 2.24) is 5.32 Å². The zero-order valence-corrected chi connectivity index (χ0v) is 16.2. The molecule has 1 aliphatic heterocycles. The summed E-state index contributed by atoms with van der Waals surface area (Å²) in [5.74, 6) is 1.42. The molecule has 0 saturated carbocycles. The molecule has 24 heavy (non-hydrogen) atoms. The van der Waals surface area contributed by atoms with Crippen LogP contribution in [0.4, 0.5) is 0 Å². The predicted molar refractivity (Wildman–Crippen MR) is 103 cm³/mol. The summed E-state index contributed by atoms with van der Waals surface area (Å²) in [4.78, 5) is 0. The molecule has 2 atom stereocenters. The lowest BCUT2D eigenvalue weighted by Crippen LogP contribution is -2.39. The fraction of sp³-hybridized carbons (Fsp3) is 0.727. The molecule has 0 aliphatic carbocycles. The van der Waals surface area contributed by atoms with Crippen LogP contribution < -0.4 is 5.32 Å². The van der Waals surface area contributed by atoms with Crippen molar-refractivity contribution in [3.8, 4) is 0 Å². The molecule has 1 aliphatic rings. The fourth-order valence-corrected chi connectivity index (χ4v) is 3.80. The lowest BCUT2D eigenvalue weighted by atomic mass is 9.69. The molecule has 0 spiro atoms. The van der Waals surface area contributed by atoms with E-state index in [9.17, 15) is 0 Å². The largest absolute Gasteiger partial charge is 0.378 e. The molecule has 2 nitrogen and oxygen atoms in total. The molecule has 0 radical (unpaired) electrons. The van der Waals surface area contributed by atoms with Crippen LogP contribution in [0.15, 0.2) is 30.3 Å². The van der Waals surface area contributed by atoms with E-state index in [1.54, 1.807) is 0 Å². The van der Waals surface area contributed by atoms with Crippen LogP contribution in [0.25, 0.3) is 0 Å². The predicted octanol–water partition coefficient (Wildman–Crippen LogP) is 5.42. The lowest BCUT2D eigenvalue weighted by molar-refractivity contribution is -0.0761. The van der Waals surface area contributed by atoms with Crippen LogP contribution in [0.1, 0.15) is 65.4 Å². The molecule has 2 heteroatoms. The van der Waals surface area contributed by atoms with E-state index in [0.717, 1.165) is 25.6 Å². The van der Waals surface area contributed by atoms with E-state index in [1.165, 1.54) is 37.7 Å². The van der Waals surface area contributed by atoms with Gasteiger partial charge in [-0.3, -0.25) is 0 Å². The summed E-state index contributed by atoms with van der Waals surface area (Å²) >= 11 is 0. The van der Waals surface area contributed by atoms with Crippen molar-refractivity contribution in [2.75, 3.05) is 13.2 Å². The van der Waals surface area contributed by atoms with Crippen LogP contribution in [0.3, 0.4) is 0 Å². The van der Waals surface area contributed by atoms with Gasteiger partial charge in [-0.2, -0.15) is 0 Å². The number of benzene rings is 1. The van der Waals surface area contributed by atoms with E-state index in [-0.39, 0.29) is 0 Å². The van der Waals surface area contributed by atoms with Gasteiger partial charge in [-0.25, -0.2) is 0 Å². The highest BCUT2D eigenvalue weighted by Crippen LogP contribution is 2.43. The topological polar surface area (TPSA) is 21.3 Å². The average molecular weight is 332 g/mol. The summed E-state index contributed by atoms with van der Waals surface area (Å²) in [6, 6.07) is 10.7. The third-order valence-electron chi connectivity index (χ3n) is 5.60. The summed E-state index contributed by atoms with van der Waals surface area (Å²) < 4.78 is 6.06. The third kappa shape index (κ3) is 6.22. The van der Waals surface area contributed by atoms with E-state index < -0.39 is 0 Å². The van der Waals surface area contributed by atoms with Crippen LogP contribution in [0.2, 0.25) is 0 Å². The van der Waals surface area contributed by atoms with Gasteiger partial charge in [0, 0.05) is 13.2 Å². The maximum atomic E-state index is 6.06. The van der Waals surface area contributed by atoms with Crippen LogP contribution in [-0.2, 0) is 11.3 Å². The van der Waals surface area contributed by atoms with Crippen LogP contribution in [0, 0.1) is 17.3 Å². The Hall–Kier alpha value is -0.860. The molecule has 1 fully saturated rings. The smallest absolute Gasteiger partial charge is 0.0603 e. The highest BCUT2D eigenvalue weighted by atomic mass is 16.5. The normalized spacial score (nSPS) is 24.7. The molecule has 1 aromatic carbocycles. The molecular weight excluding hydrogens is 294 g/mol. The Morgan fingerprint density at radius 3 is 2.54 bits per heavy atom. The minimum absolute atomic E-state index is 0.444. The summed E-state index contributed by atoms with van der Waals surface area (Å²) in [5.41, 5.74) is 1.85. The van der Waals surface area contributed by atoms with Gasteiger partial charge in [0.25, 0.3) is 0 Å². The second-order valence-electron chi connectivity index (χ2n) is 8.45. The van der Waals surface area contributed by atoms with Gasteiger partial charge in [-0.1, -0.05) is 64.4 Å². The average Bonchev–Trinajstić information content (AvgIpc) is 2.58. The third-order valence-corrected chi connectivity index (χ3v) is 5.60. The molecule has 1 heterocycles. The number of rotatable bonds is 9. The number of ether oxygens (including phenoxy) is 1. The Morgan fingerprint density at radius 1 is 1.12 bits per heavy atom. The molecule has 0 aromatic heterocycles. The van der Waals surface area contributed by atoms with Gasteiger partial charge in [0.15, 0.2) is 0 Å². The first-order chi connectivity index (χ1) is 11.5. The van der Waals surface area contributed by atoms with Gasteiger partial charge < -0.3 is 10.1 Å². The molecule has 1 saturated heterocycles. The summed E-state index contributed by atoms with van der Waals surface area (Å²) in [5, 5.41) is 3.66. The molecular formula is C22H37NO. The van der Waals surface area contributed by atoms with Crippen LogP contribution in [-0.4, -0.2) is 19.3 Å². The van der Waals surface area contributed by atoms with Gasteiger partial charge in [-0.15, -0.1) is 0 Å².